The van der Waals surface area contributed by atoms with Crippen molar-refractivity contribution in [1.82, 2.24) is 5.32 Å². The van der Waals surface area contributed by atoms with E-state index in [4.69, 9.17) is 9.47 Å². The van der Waals surface area contributed by atoms with E-state index in [0.717, 1.165) is 29.9 Å². The van der Waals surface area contributed by atoms with Gasteiger partial charge in [0, 0.05) is 17.1 Å². The Balaban J connectivity index is 2.08. The zero-order valence-electron chi connectivity index (χ0n) is 11.6. The van der Waals surface area contributed by atoms with Crippen molar-refractivity contribution in [1.29, 1.82) is 0 Å². The number of hydrogen-bond donors (Lipinski definition) is 1. The molecule has 1 heterocycles. The van der Waals surface area contributed by atoms with Crippen LogP contribution in [0, 0.1) is 5.92 Å². The molecule has 1 aromatic carbocycles. The normalized spacial score (nSPS) is 21.1. The fraction of sp³-hybridized carbons (Fsp3) is 0.600. The molecule has 0 aliphatic carbocycles. The lowest BCUT2D eigenvalue weighted by atomic mass is 9.89. The van der Waals surface area contributed by atoms with Crippen molar-refractivity contribution < 1.29 is 9.47 Å². The molecular weight excluding hydrogens is 306 g/mol. The van der Waals surface area contributed by atoms with Crippen molar-refractivity contribution in [2.75, 3.05) is 27.4 Å². The number of rotatable bonds is 5. The third kappa shape index (κ3) is 3.94. The third-order valence-electron chi connectivity index (χ3n) is 3.83. The van der Waals surface area contributed by atoms with Crippen LogP contribution >= 0.6 is 15.9 Å². The predicted molar refractivity (Wildman–Crippen MR) is 80.8 cm³/mol. The molecule has 2 unspecified atom stereocenters. The van der Waals surface area contributed by atoms with Gasteiger partial charge in [0.05, 0.1) is 13.7 Å². The lowest BCUT2D eigenvalue weighted by Gasteiger charge is -2.30. The molecule has 0 radical (unpaired) electrons. The Hall–Kier alpha value is -0.580. The Kier molecular flexibility index (Phi) is 5.67. The minimum atomic E-state index is 0.448. The van der Waals surface area contributed by atoms with Crippen LogP contribution in [0.1, 0.15) is 18.4 Å². The molecule has 1 fully saturated rings. The molecule has 19 heavy (non-hydrogen) atoms. The molecule has 4 heteroatoms. The van der Waals surface area contributed by atoms with Gasteiger partial charge in [-0.3, -0.25) is 0 Å². The summed E-state index contributed by atoms with van der Waals surface area (Å²) < 4.78 is 12.0. The van der Waals surface area contributed by atoms with E-state index < -0.39 is 0 Å². The predicted octanol–water partition coefficient (Wildman–Crippen LogP) is 3.01. The smallest absolute Gasteiger partial charge is 0.119 e. The van der Waals surface area contributed by atoms with Gasteiger partial charge in [-0.1, -0.05) is 15.9 Å². The third-order valence-corrected chi connectivity index (χ3v) is 4.60. The van der Waals surface area contributed by atoms with Crippen LogP contribution in [-0.4, -0.2) is 33.4 Å². The topological polar surface area (TPSA) is 30.5 Å². The molecule has 2 atom stereocenters. The molecule has 0 aromatic heterocycles. The van der Waals surface area contributed by atoms with Gasteiger partial charge in [0.15, 0.2) is 0 Å². The molecule has 1 aliphatic rings. The molecule has 0 bridgehead atoms. The zero-order valence-corrected chi connectivity index (χ0v) is 13.2. The van der Waals surface area contributed by atoms with Crippen LogP contribution in [0.4, 0.5) is 0 Å². The lowest BCUT2D eigenvalue weighted by molar-refractivity contribution is 0.0404. The summed E-state index contributed by atoms with van der Waals surface area (Å²) in [6.45, 7) is 1.78. The summed E-state index contributed by atoms with van der Waals surface area (Å²) in [5.41, 5.74) is 1.28. The average molecular weight is 328 g/mol. The molecule has 0 saturated carbocycles. The number of halogens is 1. The van der Waals surface area contributed by atoms with Gasteiger partial charge in [0.25, 0.3) is 0 Å². The highest BCUT2D eigenvalue weighted by atomic mass is 79.9. The number of ether oxygens (including phenoxy) is 2. The Morgan fingerprint density at radius 2 is 2.37 bits per heavy atom. The standard InChI is InChI=1S/C15H22BrNO2/c1-17-15(11-4-3-7-19-10-11)9-12-8-13(18-2)5-6-14(12)16/h5-6,8,11,15,17H,3-4,7,9-10H2,1-2H3. The summed E-state index contributed by atoms with van der Waals surface area (Å²) in [5, 5.41) is 3.44. The maximum atomic E-state index is 5.60. The molecule has 1 aromatic rings. The van der Waals surface area contributed by atoms with E-state index in [1.54, 1.807) is 7.11 Å². The number of likely N-dealkylation sites (N-methyl/N-ethyl adjacent to an activating group) is 1. The first-order chi connectivity index (χ1) is 9.24. The van der Waals surface area contributed by atoms with E-state index in [0.29, 0.717) is 12.0 Å². The summed E-state index contributed by atoms with van der Waals surface area (Å²) >= 11 is 3.63. The first kappa shape index (κ1) is 14.8. The summed E-state index contributed by atoms with van der Waals surface area (Å²) in [6, 6.07) is 6.59. The van der Waals surface area contributed by atoms with Crippen LogP contribution in [0.2, 0.25) is 0 Å². The van der Waals surface area contributed by atoms with Crippen LogP contribution in [0.25, 0.3) is 0 Å². The highest BCUT2D eigenvalue weighted by molar-refractivity contribution is 9.10. The van der Waals surface area contributed by atoms with Crippen LogP contribution in [0.3, 0.4) is 0 Å². The minimum Gasteiger partial charge on any atom is -0.497 e. The number of hydrogen-bond acceptors (Lipinski definition) is 3. The summed E-state index contributed by atoms with van der Waals surface area (Å²) in [5.74, 6) is 1.50. The minimum absolute atomic E-state index is 0.448. The molecule has 1 N–H and O–H groups in total. The van der Waals surface area contributed by atoms with Gasteiger partial charge in [0.2, 0.25) is 0 Å². The second-order valence-corrected chi connectivity index (χ2v) is 5.89. The van der Waals surface area contributed by atoms with Gasteiger partial charge in [-0.15, -0.1) is 0 Å². The largest absolute Gasteiger partial charge is 0.497 e. The van der Waals surface area contributed by atoms with Crippen molar-refractivity contribution >= 4 is 15.9 Å². The molecular formula is C15H22BrNO2. The quantitative estimate of drug-likeness (QED) is 0.901. The van der Waals surface area contributed by atoms with E-state index in [-0.39, 0.29) is 0 Å². The molecule has 106 valence electrons. The van der Waals surface area contributed by atoms with Gasteiger partial charge < -0.3 is 14.8 Å². The summed E-state index contributed by atoms with van der Waals surface area (Å²) in [7, 11) is 3.74. The van der Waals surface area contributed by atoms with Crippen molar-refractivity contribution in [2.24, 2.45) is 5.92 Å². The lowest BCUT2D eigenvalue weighted by Crippen LogP contribution is -2.39. The Labute approximate surface area is 123 Å². The van der Waals surface area contributed by atoms with Crippen LogP contribution in [-0.2, 0) is 11.2 Å². The van der Waals surface area contributed by atoms with E-state index in [9.17, 15) is 0 Å². The van der Waals surface area contributed by atoms with E-state index in [2.05, 4.69) is 33.4 Å². The molecule has 0 amide bonds. The first-order valence-corrected chi connectivity index (χ1v) is 7.61. The van der Waals surface area contributed by atoms with E-state index in [1.165, 1.54) is 18.4 Å². The Morgan fingerprint density at radius 1 is 1.53 bits per heavy atom. The molecule has 2 rings (SSSR count). The first-order valence-electron chi connectivity index (χ1n) is 6.82. The van der Waals surface area contributed by atoms with Crippen molar-refractivity contribution in [3.8, 4) is 5.75 Å². The van der Waals surface area contributed by atoms with Crippen molar-refractivity contribution in [3.05, 3.63) is 28.2 Å². The van der Waals surface area contributed by atoms with E-state index in [1.807, 2.05) is 13.1 Å². The highest BCUT2D eigenvalue weighted by Crippen LogP contribution is 2.26. The van der Waals surface area contributed by atoms with Gasteiger partial charge in [-0.25, -0.2) is 0 Å². The number of benzene rings is 1. The maximum absolute atomic E-state index is 5.60. The van der Waals surface area contributed by atoms with Crippen molar-refractivity contribution in [2.45, 2.75) is 25.3 Å². The van der Waals surface area contributed by atoms with Gasteiger partial charge in [-0.2, -0.15) is 0 Å². The second-order valence-electron chi connectivity index (χ2n) is 5.03. The molecule has 1 saturated heterocycles. The van der Waals surface area contributed by atoms with E-state index >= 15 is 0 Å². The average Bonchev–Trinajstić information content (AvgIpc) is 2.47. The molecule has 0 spiro atoms. The Morgan fingerprint density at radius 3 is 3.00 bits per heavy atom. The van der Waals surface area contributed by atoms with Crippen LogP contribution in [0.15, 0.2) is 22.7 Å². The van der Waals surface area contributed by atoms with Crippen molar-refractivity contribution in [3.63, 3.8) is 0 Å². The Bertz CT molecular complexity index is 405. The van der Waals surface area contributed by atoms with Gasteiger partial charge >= 0.3 is 0 Å². The highest BCUT2D eigenvalue weighted by Gasteiger charge is 2.23. The van der Waals surface area contributed by atoms with Crippen LogP contribution in [0.5, 0.6) is 5.75 Å². The number of methoxy groups -OCH3 is 1. The summed E-state index contributed by atoms with van der Waals surface area (Å²) in [4.78, 5) is 0. The van der Waals surface area contributed by atoms with Gasteiger partial charge in [-0.05, 0) is 56.0 Å². The monoisotopic (exact) mass is 327 g/mol. The SMILES string of the molecule is CNC(Cc1cc(OC)ccc1Br)C1CCCOC1. The van der Waals surface area contributed by atoms with Gasteiger partial charge in [0.1, 0.15) is 5.75 Å². The molecule has 1 aliphatic heterocycles. The maximum Gasteiger partial charge on any atom is 0.119 e. The number of nitrogens with one attached hydrogen (secondary N) is 1. The second kappa shape index (κ2) is 7.27. The fourth-order valence-corrected chi connectivity index (χ4v) is 3.07. The molecule has 3 nitrogen and oxygen atoms in total. The fourth-order valence-electron chi connectivity index (χ4n) is 2.66. The summed E-state index contributed by atoms with van der Waals surface area (Å²) in [6.07, 6.45) is 3.40. The zero-order chi connectivity index (χ0) is 13.7. The van der Waals surface area contributed by atoms with Crippen LogP contribution < -0.4 is 10.1 Å².